The van der Waals surface area contributed by atoms with E-state index in [4.69, 9.17) is 4.52 Å². The predicted molar refractivity (Wildman–Crippen MR) is 72.6 cm³/mol. The van der Waals surface area contributed by atoms with Gasteiger partial charge in [-0.15, -0.1) is 0 Å². The van der Waals surface area contributed by atoms with Crippen LogP contribution in [0.4, 0.5) is 0 Å². The van der Waals surface area contributed by atoms with Gasteiger partial charge in [-0.3, -0.25) is 0 Å². The van der Waals surface area contributed by atoms with Crippen LogP contribution in [0.15, 0.2) is 22.9 Å². The van der Waals surface area contributed by atoms with Crippen LogP contribution >= 0.6 is 0 Å². The van der Waals surface area contributed by atoms with E-state index in [9.17, 15) is 0 Å². The van der Waals surface area contributed by atoms with Gasteiger partial charge in [0.05, 0.1) is 5.69 Å². The molecule has 3 rings (SSSR count). The fourth-order valence-electron chi connectivity index (χ4n) is 2.34. The van der Waals surface area contributed by atoms with Crippen LogP contribution in [-0.4, -0.2) is 27.7 Å². The molecule has 2 N–H and O–H groups in total. The van der Waals surface area contributed by atoms with Crippen LogP contribution in [0, 0.1) is 5.92 Å². The fourth-order valence-corrected chi connectivity index (χ4v) is 2.34. The predicted octanol–water partition coefficient (Wildman–Crippen LogP) is 2.39. The zero-order chi connectivity index (χ0) is 13.1. The first kappa shape index (κ1) is 12.4. The number of aromatic amines is 1. The normalized spacial score (nSPS) is 16.7. The van der Waals surface area contributed by atoms with Crippen molar-refractivity contribution in [3.05, 3.63) is 24.2 Å². The van der Waals surface area contributed by atoms with Gasteiger partial charge in [-0.05, 0) is 43.9 Å². The van der Waals surface area contributed by atoms with Crippen molar-refractivity contribution in [2.45, 2.75) is 38.6 Å². The minimum absolute atomic E-state index is 0.483. The summed E-state index contributed by atoms with van der Waals surface area (Å²) in [6.07, 6.45) is 6.48. The molecule has 1 saturated carbocycles. The highest BCUT2D eigenvalue weighted by Gasteiger charge is 2.32. The average molecular weight is 260 g/mol. The van der Waals surface area contributed by atoms with Crippen LogP contribution in [0.3, 0.4) is 0 Å². The van der Waals surface area contributed by atoms with Crippen molar-refractivity contribution in [3.63, 3.8) is 0 Å². The zero-order valence-corrected chi connectivity index (χ0v) is 11.2. The second kappa shape index (κ2) is 5.57. The van der Waals surface area contributed by atoms with Gasteiger partial charge in [0.2, 0.25) is 11.7 Å². The molecular formula is C14H20N4O. The Bertz CT molecular complexity index is 501. The Balaban J connectivity index is 1.65. The summed E-state index contributed by atoms with van der Waals surface area (Å²) in [7, 11) is 0. The third-order valence-corrected chi connectivity index (χ3v) is 3.55. The molecule has 1 atom stereocenters. The molecule has 1 fully saturated rings. The number of H-pyrrole nitrogens is 1. The summed E-state index contributed by atoms with van der Waals surface area (Å²) >= 11 is 0. The molecule has 0 aromatic carbocycles. The number of aromatic nitrogens is 3. The number of rotatable bonds is 7. The minimum atomic E-state index is 0.483. The summed E-state index contributed by atoms with van der Waals surface area (Å²) < 4.78 is 5.36. The van der Waals surface area contributed by atoms with Gasteiger partial charge in [0.1, 0.15) is 0 Å². The average Bonchev–Trinajstić information content (AvgIpc) is 2.93. The molecule has 5 heteroatoms. The van der Waals surface area contributed by atoms with Gasteiger partial charge in [-0.1, -0.05) is 12.1 Å². The van der Waals surface area contributed by atoms with E-state index in [1.807, 2.05) is 18.3 Å². The number of hydrogen-bond donors (Lipinski definition) is 2. The molecule has 0 aliphatic heterocycles. The molecule has 1 unspecified atom stereocenters. The zero-order valence-electron chi connectivity index (χ0n) is 11.2. The van der Waals surface area contributed by atoms with Crippen molar-refractivity contribution >= 4 is 0 Å². The Morgan fingerprint density at radius 3 is 3.11 bits per heavy atom. The minimum Gasteiger partial charge on any atom is -0.359 e. The Hall–Kier alpha value is -1.62. The van der Waals surface area contributed by atoms with Crippen LogP contribution in [0.25, 0.3) is 11.5 Å². The summed E-state index contributed by atoms with van der Waals surface area (Å²) in [4.78, 5) is 7.55. The van der Waals surface area contributed by atoms with Crippen molar-refractivity contribution in [3.8, 4) is 11.5 Å². The Morgan fingerprint density at radius 2 is 2.42 bits per heavy atom. The molecule has 102 valence electrons. The van der Waals surface area contributed by atoms with Crippen molar-refractivity contribution in [1.29, 1.82) is 0 Å². The highest BCUT2D eigenvalue weighted by atomic mass is 16.5. The molecule has 0 radical (unpaired) electrons. The van der Waals surface area contributed by atoms with Crippen molar-refractivity contribution in [2.75, 3.05) is 6.54 Å². The Labute approximate surface area is 112 Å². The maximum atomic E-state index is 5.36. The molecule has 1 aliphatic carbocycles. The molecule has 0 bridgehead atoms. The van der Waals surface area contributed by atoms with E-state index in [1.54, 1.807) is 0 Å². The van der Waals surface area contributed by atoms with Crippen LogP contribution in [-0.2, 0) is 6.42 Å². The number of nitrogens with one attached hydrogen (secondary N) is 2. The van der Waals surface area contributed by atoms with E-state index in [1.165, 1.54) is 12.8 Å². The van der Waals surface area contributed by atoms with E-state index >= 15 is 0 Å². The standard InChI is InChI=1S/C14H20N4O/c1-2-7-15-12(10-5-6-10)9-13-17-14(18-19-13)11-4-3-8-16-11/h3-4,8,10,12,15-16H,2,5-7,9H2,1H3. The van der Waals surface area contributed by atoms with E-state index < -0.39 is 0 Å². The summed E-state index contributed by atoms with van der Waals surface area (Å²) in [6, 6.07) is 4.36. The largest absolute Gasteiger partial charge is 0.359 e. The SMILES string of the molecule is CCCNC(Cc1nc(-c2ccc[nH]2)no1)C1CC1. The lowest BCUT2D eigenvalue weighted by molar-refractivity contribution is 0.346. The van der Waals surface area contributed by atoms with E-state index in [0.29, 0.717) is 11.9 Å². The van der Waals surface area contributed by atoms with Gasteiger partial charge < -0.3 is 14.8 Å². The summed E-state index contributed by atoms with van der Waals surface area (Å²) in [6.45, 7) is 3.24. The first-order valence-corrected chi connectivity index (χ1v) is 7.06. The molecule has 2 aromatic rings. The first-order valence-electron chi connectivity index (χ1n) is 7.06. The van der Waals surface area contributed by atoms with Gasteiger partial charge in [-0.2, -0.15) is 4.98 Å². The molecule has 0 saturated heterocycles. The quantitative estimate of drug-likeness (QED) is 0.802. The van der Waals surface area contributed by atoms with E-state index in [2.05, 4.69) is 27.4 Å². The summed E-state index contributed by atoms with van der Waals surface area (Å²) in [5, 5.41) is 7.61. The van der Waals surface area contributed by atoms with Crippen molar-refractivity contribution in [2.24, 2.45) is 5.92 Å². The lowest BCUT2D eigenvalue weighted by Crippen LogP contribution is -2.33. The molecule has 19 heavy (non-hydrogen) atoms. The van der Waals surface area contributed by atoms with Gasteiger partial charge in [0.15, 0.2) is 0 Å². The first-order chi connectivity index (χ1) is 9.36. The second-order valence-corrected chi connectivity index (χ2v) is 5.20. The molecule has 2 aromatic heterocycles. The smallest absolute Gasteiger partial charge is 0.228 e. The van der Waals surface area contributed by atoms with Crippen molar-refractivity contribution in [1.82, 2.24) is 20.4 Å². The lowest BCUT2D eigenvalue weighted by Gasteiger charge is -2.15. The van der Waals surface area contributed by atoms with E-state index in [0.717, 1.165) is 36.9 Å². The van der Waals surface area contributed by atoms with Crippen LogP contribution in [0.1, 0.15) is 32.1 Å². The number of hydrogen-bond acceptors (Lipinski definition) is 4. The van der Waals surface area contributed by atoms with Gasteiger partial charge >= 0.3 is 0 Å². The van der Waals surface area contributed by atoms with Crippen molar-refractivity contribution < 1.29 is 4.52 Å². The maximum absolute atomic E-state index is 5.36. The maximum Gasteiger partial charge on any atom is 0.228 e. The highest BCUT2D eigenvalue weighted by Crippen LogP contribution is 2.34. The van der Waals surface area contributed by atoms with Gasteiger partial charge in [0.25, 0.3) is 0 Å². The molecule has 0 amide bonds. The topological polar surface area (TPSA) is 66.7 Å². The molecule has 0 spiro atoms. The van der Waals surface area contributed by atoms with Crippen LogP contribution < -0.4 is 5.32 Å². The monoisotopic (exact) mass is 260 g/mol. The molecular weight excluding hydrogens is 240 g/mol. The summed E-state index contributed by atoms with van der Waals surface area (Å²) in [5.74, 6) is 2.16. The fraction of sp³-hybridized carbons (Fsp3) is 0.571. The van der Waals surface area contributed by atoms with E-state index in [-0.39, 0.29) is 0 Å². The Kier molecular flexibility index (Phi) is 3.64. The molecule has 5 nitrogen and oxygen atoms in total. The third-order valence-electron chi connectivity index (χ3n) is 3.55. The third kappa shape index (κ3) is 3.04. The molecule has 1 aliphatic rings. The second-order valence-electron chi connectivity index (χ2n) is 5.20. The molecule has 2 heterocycles. The Morgan fingerprint density at radius 1 is 1.53 bits per heavy atom. The number of nitrogens with zero attached hydrogens (tertiary/aromatic N) is 2. The van der Waals surface area contributed by atoms with Crippen LogP contribution in [0.5, 0.6) is 0 Å². The lowest BCUT2D eigenvalue weighted by atomic mass is 10.1. The van der Waals surface area contributed by atoms with Gasteiger partial charge in [-0.25, -0.2) is 0 Å². The highest BCUT2D eigenvalue weighted by molar-refractivity contribution is 5.47. The van der Waals surface area contributed by atoms with Crippen LogP contribution in [0.2, 0.25) is 0 Å². The van der Waals surface area contributed by atoms with Gasteiger partial charge in [0, 0.05) is 18.7 Å². The summed E-state index contributed by atoms with van der Waals surface area (Å²) in [5.41, 5.74) is 0.902.